The molecule has 2 aromatic carbocycles. The third-order valence-electron chi connectivity index (χ3n) is 6.68. The zero-order valence-corrected chi connectivity index (χ0v) is 20.9. The Balaban J connectivity index is 1.62. The largest absolute Gasteiger partial charge is 0.496 e. The Morgan fingerprint density at radius 1 is 1.03 bits per heavy atom. The number of aromatic nitrogens is 1. The molecule has 8 heteroatoms. The van der Waals surface area contributed by atoms with Crippen molar-refractivity contribution in [2.24, 2.45) is 0 Å². The van der Waals surface area contributed by atoms with Crippen molar-refractivity contribution in [3.05, 3.63) is 65.4 Å². The van der Waals surface area contributed by atoms with E-state index < -0.39 is 11.7 Å². The summed E-state index contributed by atoms with van der Waals surface area (Å²) >= 11 is 0. The number of aromatic amines is 1. The molecule has 35 heavy (non-hydrogen) atoms. The summed E-state index contributed by atoms with van der Waals surface area (Å²) in [5.41, 5.74) is 2.49. The van der Waals surface area contributed by atoms with Crippen LogP contribution in [0.15, 0.2) is 48.7 Å². The molecule has 1 aliphatic rings. The van der Waals surface area contributed by atoms with Crippen molar-refractivity contribution in [2.45, 2.75) is 32.5 Å². The number of hydrogen-bond acceptors (Lipinski definition) is 5. The smallest absolute Gasteiger partial charge is 0.294 e. The number of carbonyl (C=O) groups is 3. The van der Waals surface area contributed by atoms with Crippen molar-refractivity contribution in [3.63, 3.8) is 0 Å². The molecule has 1 N–H and O–H groups in total. The molecular weight excluding hydrogens is 444 g/mol. The van der Waals surface area contributed by atoms with E-state index in [1.54, 1.807) is 12.1 Å². The van der Waals surface area contributed by atoms with Gasteiger partial charge in [0.25, 0.3) is 17.6 Å². The average Bonchev–Trinajstić information content (AvgIpc) is 3.27. The Kier molecular flexibility index (Phi) is 6.93. The molecule has 184 valence electrons. The van der Waals surface area contributed by atoms with E-state index in [1.165, 1.54) is 37.9 Å². The van der Waals surface area contributed by atoms with E-state index in [9.17, 15) is 14.4 Å². The fraction of sp³-hybridized carbons (Fsp3) is 0.370. The number of fused-ring (bicyclic) bond motifs is 1. The molecule has 1 saturated heterocycles. The molecule has 0 bridgehead atoms. The number of piperazine rings is 1. The highest BCUT2D eigenvalue weighted by Crippen LogP contribution is 2.31. The maximum atomic E-state index is 13.7. The molecular formula is C27H32N4O4. The van der Waals surface area contributed by atoms with E-state index in [2.05, 4.69) is 28.9 Å². The number of ketones is 1. The van der Waals surface area contributed by atoms with Gasteiger partial charge in [-0.3, -0.25) is 19.3 Å². The summed E-state index contributed by atoms with van der Waals surface area (Å²) in [4.78, 5) is 47.3. The molecule has 3 aromatic rings. The normalized spacial score (nSPS) is 18.5. The van der Waals surface area contributed by atoms with E-state index >= 15 is 0 Å². The number of likely N-dealkylation sites (N-methyl/N-ethyl adjacent to an activating group) is 1. The lowest BCUT2D eigenvalue weighted by Crippen LogP contribution is -2.57. The summed E-state index contributed by atoms with van der Waals surface area (Å²) < 4.78 is 5.55. The van der Waals surface area contributed by atoms with Gasteiger partial charge in [0.05, 0.1) is 18.2 Å². The van der Waals surface area contributed by atoms with Crippen molar-refractivity contribution >= 4 is 28.5 Å². The minimum atomic E-state index is -0.624. The van der Waals surface area contributed by atoms with E-state index in [4.69, 9.17) is 4.74 Å². The maximum Gasteiger partial charge on any atom is 0.294 e. The molecule has 0 saturated carbocycles. The van der Waals surface area contributed by atoms with Crippen molar-refractivity contribution in [1.29, 1.82) is 0 Å². The quantitative estimate of drug-likeness (QED) is 0.436. The Morgan fingerprint density at radius 2 is 1.74 bits per heavy atom. The van der Waals surface area contributed by atoms with Gasteiger partial charge in [-0.1, -0.05) is 30.3 Å². The van der Waals surface area contributed by atoms with Crippen LogP contribution in [0.1, 0.15) is 40.1 Å². The van der Waals surface area contributed by atoms with Crippen LogP contribution in [0.25, 0.3) is 10.9 Å². The topological polar surface area (TPSA) is 85.9 Å². The first-order chi connectivity index (χ1) is 16.7. The number of H-pyrrole nitrogens is 1. The van der Waals surface area contributed by atoms with Gasteiger partial charge in [0, 0.05) is 69.0 Å². The number of rotatable bonds is 6. The molecule has 1 aliphatic heterocycles. The van der Waals surface area contributed by atoms with Crippen LogP contribution >= 0.6 is 0 Å². The van der Waals surface area contributed by atoms with Gasteiger partial charge in [0.2, 0.25) is 0 Å². The minimum absolute atomic E-state index is 0.00883. The van der Waals surface area contributed by atoms with E-state index in [1.807, 2.05) is 30.0 Å². The second-order valence-electron chi connectivity index (χ2n) is 9.40. The highest BCUT2D eigenvalue weighted by atomic mass is 16.5. The Morgan fingerprint density at radius 3 is 2.40 bits per heavy atom. The van der Waals surface area contributed by atoms with Gasteiger partial charge in [0.1, 0.15) is 5.75 Å². The summed E-state index contributed by atoms with van der Waals surface area (Å²) in [7, 11) is 4.59. The van der Waals surface area contributed by atoms with Gasteiger partial charge >= 0.3 is 0 Å². The summed E-state index contributed by atoms with van der Waals surface area (Å²) in [5, 5.41) is 0.526. The first kappa shape index (κ1) is 24.5. The molecule has 2 amide bonds. The third-order valence-corrected chi connectivity index (χ3v) is 6.68. The third kappa shape index (κ3) is 4.79. The average molecular weight is 477 g/mol. The Bertz CT molecular complexity index is 1250. The molecule has 2 heterocycles. The number of Topliss-reactive ketones (excluding diaryl/α,β-unsaturated/α-hetero) is 1. The summed E-state index contributed by atoms with van der Waals surface area (Å²) in [6.07, 6.45) is 1.51. The number of ether oxygens (including phenoxy) is 1. The lowest BCUT2D eigenvalue weighted by Gasteiger charge is -2.44. The van der Waals surface area contributed by atoms with Crippen LogP contribution in [0.2, 0.25) is 0 Å². The number of methoxy groups -OCH3 is 1. The lowest BCUT2D eigenvalue weighted by molar-refractivity contribution is -0.124. The maximum absolute atomic E-state index is 13.7. The molecule has 0 aliphatic carbocycles. The summed E-state index contributed by atoms with van der Waals surface area (Å²) in [5.74, 6) is -0.970. The van der Waals surface area contributed by atoms with Crippen molar-refractivity contribution in [2.75, 3.05) is 34.3 Å². The van der Waals surface area contributed by atoms with E-state index in [0.29, 0.717) is 28.8 Å². The first-order valence-electron chi connectivity index (χ1n) is 11.7. The number of nitrogens with one attached hydrogen (secondary N) is 1. The lowest BCUT2D eigenvalue weighted by atomic mass is 10.0. The van der Waals surface area contributed by atoms with Crippen LogP contribution in [0, 0.1) is 0 Å². The molecule has 2 atom stereocenters. The predicted octanol–water partition coefficient (Wildman–Crippen LogP) is 3.18. The molecule has 1 aromatic heterocycles. The van der Waals surface area contributed by atoms with Crippen LogP contribution in [0.3, 0.4) is 0 Å². The highest BCUT2D eigenvalue weighted by Gasteiger charge is 2.34. The van der Waals surface area contributed by atoms with Crippen molar-refractivity contribution < 1.29 is 19.1 Å². The highest BCUT2D eigenvalue weighted by molar-refractivity contribution is 6.44. The number of amides is 2. The van der Waals surface area contributed by atoms with Crippen LogP contribution in [0.5, 0.6) is 5.75 Å². The number of nitrogens with zero attached hydrogens (tertiary/aromatic N) is 3. The second-order valence-corrected chi connectivity index (χ2v) is 9.40. The zero-order valence-electron chi connectivity index (χ0n) is 20.9. The van der Waals surface area contributed by atoms with Crippen LogP contribution in [-0.2, 0) is 11.3 Å². The molecule has 1 fully saturated rings. The van der Waals surface area contributed by atoms with E-state index in [0.717, 1.165) is 13.1 Å². The summed E-state index contributed by atoms with van der Waals surface area (Å²) in [6.45, 7) is 6.33. The second kappa shape index (κ2) is 9.92. The van der Waals surface area contributed by atoms with Crippen molar-refractivity contribution in [1.82, 2.24) is 19.7 Å². The van der Waals surface area contributed by atoms with Crippen LogP contribution in [0.4, 0.5) is 0 Å². The van der Waals surface area contributed by atoms with Gasteiger partial charge in [-0.15, -0.1) is 0 Å². The fourth-order valence-electron chi connectivity index (χ4n) is 4.67. The molecule has 8 nitrogen and oxygen atoms in total. The van der Waals surface area contributed by atoms with Gasteiger partial charge in [-0.2, -0.15) is 0 Å². The predicted molar refractivity (Wildman–Crippen MR) is 135 cm³/mol. The number of hydrogen-bond donors (Lipinski definition) is 1. The molecule has 4 rings (SSSR count). The minimum Gasteiger partial charge on any atom is -0.496 e. The SMILES string of the molecule is COc1cc2[nH]cc(C(=O)C(=O)N(C)C)c2cc1C(=O)N1CC(C)N(Cc2ccccc2)CC1C. The molecule has 0 spiro atoms. The van der Waals surface area contributed by atoms with E-state index in [-0.39, 0.29) is 23.6 Å². The fourth-order valence-corrected chi connectivity index (χ4v) is 4.67. The zero-order chi connectivity index (χ0) is 25.3. The Hall–Kier alpha value is -3.65. The number of benzene rings is 2. The van der Waals surface area contributed by atoms with Gasteiger partial charge in [-0.25, -0.2) is 0 Å². The first-order valence-corrected chi connectivity index (χ1v) is 11.7. The van der Waals surface area contributed by atoms with Gasteiger partial charge in [0.15, 0.2) is 0 Å². The van der Waals surface area contributed by atoms with Crippen LogP contribution < -0.4 is 4.74 Å². The van der Waals surface area contributed by atoms with Crippen molar-refractivity contribution in [3.8, 4) is 5.75 Å². The Labute approximate surface area is 205 Å². The molecule has 0 radical (unpaired) electrons. The monoisotopic (exact) mass is 476 g/mol. The molecule has 2 unspecified atom stereocenters. The van der Waals surface area contributed by atoms with Gasteiger partial charge in [-0.05, 0) is 25.5 Å². The van der Waals surface area contributed by atoms with Gasteiger partial charge < -0.3 is 19.5 Å². The standard InChI is InChI=1S/C27H32N4O4/c1-17-15-31(18(2)14-30(17)16-19-9-7-6-8-10-19)26(33)21-11-20-22(25(32)27(34)29(3)4)13-28-23(20)12-24(21)35-5/h6-13,17-18,28H,14-16H2,1-5H3. The number of carbonyl (C=O) groups excluding carboxylic acids is 3. The van der Waals surface area contributed by atoms with Crippen LogP contribution in [-0.4, -0.2) is 83.7 Å². The summed E-state index contributed by atoms with van der Waals surface area (Å²) in [6, 6.07) is 13.9.